The number of aliphatic hydroxyl groups excluding tert-OH is 1. The maximum Gasteiger partial charge on any atom is 0.360 e. The Balaban J connectivity index is -0.000000307. The van der Waals surface area contributed by atoms with Crippen LogP contribution in [0.4, 0.5) is 0 Å². The van der Waals surface area contributed by atoms with Crippen molar-refractivity contribution in [3.8, 4) is 0 Å². The highest BCUT2D eigenvalue weighted by Gasteiger charge is 2.49. The van der Waals surface area contributed by atoms with Crippen LogP contribution < -0.4 is 4.89 Å². The van der Waals surface area contributed by atoms with E-state index in [0.717, 1.165) is 22.3 Å². The highest BCUT2D eigenvalue weighted by atomic mass is 32.9. The molecule has 0 aromatic rings. The van der Waals surface area contributed by atoms with E-state index in [-0.39, 0.29) is 91.2 Å². The summed E-state index contributed by atoms with van der Waals surface area (Å²) in [6.07, 6.45) is 1.85. The zero-order chi connectivity index (χ0) is 34.1. The van der Waals surface area contributed by atoms with Crippen LogP contribution in [0, 0.1) is 11.8 Å². The van der Waals surface area contributed by atoms with Crippen molar-refractivity contribution in [2.45, 2.75) is 202 Å². The van der Waals surface area contributed by atoms with Crippen molar-refractivity contribution in [3.63, 3.8) is 0 Å². The van der Waals surface area contributed by atoms with Crippen LogP contribution >= 0.6 is 6.92 Å². The van der Waals surface area contributed by atoms with E-state index in [4.69, 9.17) is 37.1 Å². The van der Waals surface area contributed by atoms with Crippen molar-refractivity contribution >= 4 is 82.6 Å². The molecule has 1 N–H and O–H groups in total. The number of aliphatic hydroxyl groups is 1. The number of carbonyl (C=O) groups is 2. The lowest BCUT2D eigenvalue weighted by Gasteiger charge is -2.43. The summed E-state index contributed by atoms with van der Waals surface area (Å²) in [6, 6.07) is 0.685. The van der Waals surface area contributed by atoms with Gasteiger partial charge in [0.25, 0.3) is 0 Å². The second kappa shape index (κ2) is 32.5. The molecule has 1 rings (SSSR count). The molecule has 1 aliphatic carbocycles. The third kappa shape index (κ3) is 31.2. The van der Waals surface area contributed by atoms with E-state index in [2.05, 4.69) is 39.3 Å². The summed E-state index contributed by atoms with van der Waals surface area (Å²) in [7, 11) is -11.0. The molecule has 6 unspecified atom stereocenters. The van der Waals surface area contributed by atoms with Crippen LogP contribution in [0.2, 0.25) is 71.0 Å². The van der Waals surface area contributed by atoms with Crippen LogP contribution in [-0.2, 0) is 56.2 Å². The van der Waals surface area contributed by atoms with Crippen molar-refractivity contribution in [3.05, 3.63) is 0 Å². The molecule has 1 saturated carbocycles. The SMILES string of the molecule is C.C.C.C.C.C.C.C.C.CC(O)COC(=O)C(C)C[Si](C)(O[Si](C)(C)C)O[Si](C)(CC(C)C(=O)OC1CCC([P+]([O-])=S=S)CC1)O[Si](C)O[Si](C)(C)C. The van der Waals surface area contributed by atoms with Crippen molar-refractivity contribution in [2.75, 3.05) is 6.61 Å². The first-order chi connectivity index (χ1) is 20.0. The molecule has 0 amide bonds. The molecule has 53 heavy (non-hydrogen) atoms. The molecule has 0 spiro atoms. The normalized spacial score (nSPS) is 19.2. The monoisotopic (exact) mass is 907 g/mol. The first-order valence-electron chi connectivity index (χ1n) is 15.4. The molecule has 10 nitrogen and oxygen atoms in total. The minimum atomic E-state index is -3.15. The first-order valence-corrected chi connectivity index (χ1v) is 32.8. The Labute approximate surface area is 346 Å². The lowest BCUT2D eigenvalue weighted by Crippen LogP contribution is -2.59. The smallest absolute Gasteiger partial charge is 0.360 e. The second-order valence-electron chi connectivity index (χ2n) is 14.3. The molecule has 0 heterocycles. The molecule has 0 bridgehead atoms. The predicted molar refractivity (Wildman–Crippen MR) is 251 cm³/mol. The van der Waals surface area contributed by atoms with Crippen LogP contribution in [-0.4, -0.2) is 84.6 Å². The van der Waals surface area contributed by atoms with Gasteiger partial charge >= 0.3 is 38.3 Å². The lowest BCUT2D eigenvalue weighted by molar-refractivity contribution is -0.157. The predicted octanol–water partition coefficient (Wildman–Crippen LogP) is 11.0. The summed E-state index contributed by atoms with van der Waals surface area (Å²) >= 11 is 4.91. The Bertz CT molecular complexity index is 1010. The zero-order valence-electron chi connectivity index (χ0n) is 28.7. The molecule has 0 saturated heterocycles. The van der Waals surface area contributed by atoms with Gasteiger partial charge in [-0.3, -0.25) is 9.59 Å². The van der Waals surface area contributed by atoms with Gasteiger partial charge in [-0.25, -0.2) is 0 Å². The van der Waals surface area contributed by atoms with Crippen LogP contribution in [0.25, 0.3) is 0 Å². The molecule has 6 atom stereocenters. The second-order valence-corrected chi connectivity index (χ2v) is 36.7. The van der Waals surface area contributed by atoms with Crippen molar-refractivity contribution in [1.29, 1.82) is 0 Å². The number of rotatable bonds is 18. The third-order valence-corrected chi connectivity index (χ3v) is 27.4. The van der Waals surface area contributed by atoms with E-state index in [9.17, 15) is 19.6 Å². The third-order valence-electron chi connectivity index (χ3n) is 6.69. The van der Waals surface area contributed by atoms with Crippen LogP contribution in [0.3, 0.4) is 0 Å². The van der Waals surface area contributed by atoms with Crippen molar-refractivity contribution in [1.82, 2.24) is 0 Å². The molecular weight excluding hydrogens is 816 g/mol. The molecule has 0 aliphatic heterocycles. The van der Waals surface area contributed by atoms with E-state index >= 15 is 0 Å². The summed E-state index contributed by atoms with van der Waals surface area (Å²) in [5.74, 6) is -1.73. The Morgan fingerprint density at radius 2 is 1.19 bits per heavy atom. The standard InChI is InChI=1S/C26H56O10PS2Si5.9CH4/c1-20(25(28)31-17-22(3)27)19-44(12,35-42(8,9)10)36-43(11,34-40(4)33-41(5,6)7)18-21(2)26(29)32-23-13-15-24(16-14-23)37(30)39-38;;;;;;;;;/h20-24,27H,13-19H2,1-12H3;9*1H4. The van der Waals surface area contributed by atoms with E-state index in [1.54, 1.807) is 13.8 Å². The molecule has 1 radical (unpaired) electrons. The number of hydrogen-bond donors (Lipinski definition) is 1. The fourth-order valence-electron chi connectivity index (χ4n) is 5.41. The molecular formula is C35H92O10PS2Si5. The van der Waals surface area contributed by atoms with E-state index in [1.165, 1.54) is 0 Å². The Hall–Kier alpha value is 0.524. The maximum absolute atomic E-state index is 13.4. The van der Waals surface area contributed by atoms with Gasteiger partial charge in [0.2, 0.25) is 0 Å². The fourth-order valence-corrected chi connectivity index (χ4v) is 28.6. The van der Waals surface area contributed by atoms with E-state index in [0.29, 0.717) is 24.9 Å². The van der Waals surface area contributed by atoms with Gasteiger partial charge in [-0.1, -0.05) is 80.7 Å². The Morgan fingerprint density at radius 1 is 0.755 bits per heavy atom. The molecule has 329 valence electrons. The van der Waals surface area contributed by atoms with Gasteiger partial charge in [-0.15, -0.1) is 0 Å². The zero-order valence-corrected chi connectivity index (χ0v) is 36.2. The largest absolute Gasteiger partial charge is 0.619 e. The van der Waals surface area contributed by atoms with Crippen molar-refractivity contribution in [2.24, 2.45) is 11.8 Å². The van der Waals surface area contributed by atoms with Crippen LogP contribution in [0.15, 0.2) is 0 Å². The van der Waals surface area contributed by atoms with Gasteiger partial charge in [0.15, 0.2) is 16.6 Å². The van der Waals surface area contributed by atoms with Gasteiger partial charge in [0.1, 0.15) is 34.8 Å². The Kier molecular flexibility index (Phi) is 45.6. The summed E-state index contributed by atoms with van der Waals surface area (Å²) in [4.78, 5) is 38.3. The first kappa shape index (κ1) is 74.5. The van der Waals surface area contributed by atoms with Gasteiger partial charge in [-0.2, -0.15) is 0 Å². The molecule has 0 aromatic heterocycles. The van der Waals surface area contributed by atoms with Crippen molar-refractivity contribution < 1.29 is 45.5 Å². The summed E-state index contributed by atoms with van der Waals surface area (Å²) in [5.41, 5.74) is 0.0783. The number of esters is 2. The molecule has 1 aliphatic rings. The van der Waals surface area contributed by atoms with Crippen LogP contribution in [0.1, 0.15) is 113 Å². The molecule has 18 heteroatoms. The fraction of sp³-hybridized carbons (Fsp3) is 0.943. The summed E-state index contributed by atoms with van der Waals surface area (Å²) in [5, 5.41) is 9.58. The number of carbonyl (C=O) groups excluding carboxylic acids is 2. The highest BCUT2D eigenvalue weighted by molar-refractivity contribution is 8.34. The molecule has 1 fully saturated rings. The average Bonchev–Trinajstić information content (AvgIpc) is 2.83. The lowest BCUT2D eigenvalue weighted by atomic mass is 9.97. The van der Waals surface area contributed by atoms with E-state index < -0.39 is 73.9 Å². The van der Waals surface area contributed by atoms with Crippen LogP contribution in [0.5, 0.6) is 0 Å². The topological polar surface area (TPSA) is 133 Å². The summed E-state index contributed by atoms with van der Waals surface area (Å²) < 4.78 is 38.0. The number of hydrogen-bond acceptors (Lipinski definition) is 11. The van der Waals surface area contributed by atoms with Gasteiger partial charge in [0, 0.05) is 23.3 Å². The number of ether oxygens (including phenoxy) is 2. The molecule has 0 aromatic carbocycles. The van der Waals surface area contributed by atoms with E-state index in [1.807, 2.05) is 26.6 Å². The minimum Gasteiger partial charge on any atom is -0.619 e. The van der Waals surface area contributed by atoms with Gasteiger partial charge in [-0.05, 0) is 91.5 Å². The quantitative estimate of drug-likeness (QED) is 0.0800. The maximum atomic E-state index is 13.4. The minimum absolute atomic E-state index is 0. The Morgan fingerprint density at radius 3 is 1.58 bits per heavy atom. The van der Waals surface area contributed by atoms with Gasteiger partial charge in [0.05, 0.1) is 17.9 Å². The summed E-state index contributed by atoms with van der Waals surface area (Å²) in [6.45, 7) is 22.1. The average molecular weight is 909 g/mol. The van der Waals surface area contributed by atoms with Gasteiger partial charge < -0.3 is 35.9 Å². The highest BCUT2D eigenvalue weighted by Crippen LogP contribution is 2.36.